The van der Waals surface area contributed by atoms with Crippen LogP contribution in [0.25, 0.3) is 0 Å². The Kier molecular flexibility index (Phi) is 5.97. The molecule has 0 saturated carbocycles. The highest BCUT2D eigenvalue weighted by Crippen LogP contribution is 2.31. The number of sulfonamides is 1. The number of anilines is 1. The zero-order valence-electron chi connectivity index (χ0n) is 17.0. The van der Waals surface area contributed by atoms with Crippen molar-refractivity contribution in [2.75, 3.05) is 31.1 Å². The minimum absolute atomic E-state index is 0.114. The van der Waals surface area contributed by atoms with Crippen LogP contribution in [0.15, 0.2) is 78.0 Å². The second-order valence-electron chi connectivity index (χ2n) is 7.24. The number of ketones is 1. The van der Waals surface area contributed by atoms with Crippen molar-refractivity contribution in [3.8, 4) is 0 Å². The van der Waals surface area contributed by atoms with E-state index in [1.54, 1.807) is 53.4 Å². The first kappa shape index (κ1) is 21.6. The SMILES string of the molecule is O=C(c1ccccc1)c1ccc(N2CCN(S(=O)(=O)c3cccnc3)CC2)c([N+](=O)[O-])c1. The second-order valence-corrected chi connectivity index (χ2v) is 9.17. The predicted octanol–water partition coefficient (Wildman–Crippen LogP) is 2.73. The first-order valence-corrected chi connectivity index (χ1v) is 11.4. The quantitative estimate of drug-likeness (QED) is 0.321. The Balaban J connectivity index is 1.55. The maximum absolute atomic E-state index is 12.8. The number of carbonyl (C=O) groups excluding carboxylic acids is 1. The van der Waals surface area contributed by atoms with Gasteiger partial charge in [0, 0.05) is 55.8 Å². The van der Waals surface area contributed by atoms with Gasteiger partial charge in [0.15, 0.2) is 5.78 Å². The number of pyridine rings is 1. The summed E-state index contributed by atoms with van der Waals surface area (Å²) in [6, 6.07) is 16.0. The van der Waals surface area contributed by atoms with Gasteiger partial charge >= 0.3 is 0 Å². The third-order valence-electron chi connectivity index (χ3n) is 5.32. The summed E-state index contributed by atoms with van der Waals surface area (Å²) in [5.41, 5.74) is 0.849. The van der Waals surface area contributed by atoms with E-state index in [2.05, 4.69) is 4.98 Å². The monoisotopic (exact) mass is 452 g/mol. The molecule has 9 nitrogen and oxygen atoms in total. The number of rotatable bonds is 6. The summed E-state index contributed by atoms with van der Waals surface area (Å²) in [6.07, 6.45) is 2.80. The van der Waals surface area contributed by atoms with Gasteiger partial charge in [0.1, 0.15) is 10.6 Å². The van der Waals surface area contributed by atoms with Crippen molar-refractivity contribution in [1.82, 2.24) is 9.29 Å². The van der Waals surface area contributed by atoms with Gasteiger partial charge in [0.2, 0.25) is 10.0 Å². The molecule has 0 spiro atoms. The van der Waals surface area contributed by atoms with Crippen LogP contribution in [-0.4, -0.2) is 54.6 Å². The molecule has 0 aliphatic carbocycles. The van der Waals surface area contributed by atoms with Gasteiger partial charge in [0.05, 0.1) is 4.92 Å². The summed E-state index contributed by atoms with van der Waals surface area (Å²) in [6.45, 7) is 0.927. The molecular formula is C22H20N4O5S. The summed E-state index contributed by atoms with van der Waals surface area (Å²) < 4.78 is 26.9. The van der Waals surface area contributed by atoms with Crippen LogP contribution in [0.4, 0.5) is 11.4 Å². The van der Waals surface area contributed by atoms with E-state index >= 15 is 0 Å². The molecule has 1 aliphatic heterocycles. The topological polar surface area (TPSA) is 114 Å². The molecule has 4 rings (SSSR count). The normalized spacial score (nSPS) is 14.8. The van der Waals surface area contributed by atoms with Gasteiger partial charge in [-0.3, -0.25) is 19.9 Å². The molecule has 0 N–H and O–H groups in total. The van der Waals surface area contributed by atoms with Crippen LogP contribution < -0.4 is 4.90 Å². The highest BCUT2D eigenvalue weighted by molar-refractivity contribution is 7.89. The van der Waals surface area contributed by atoms with Gasteiger partial charge in [-0.15, -0.1) is 0 Å². The van der Waals surface area contributed by atoms with Crippen LogP contribution in [0.3, 0.4) is 0 Å². The number of piperazine rings is 1. The first-order chi connectivity index (χ1) is 15.4. The molecule has 1 aromatic heterocycles. The molecular weight excluding hydrogens is 432 g/mol. The zero-order valence-corrected chi connectivity index (χ0v) is 17.8. The fraction of sp³-hybridized carbons (Fsp3) is 0.182. The van der Waals surface area contributed by atoms with Crippen molar-refractivity contribution < 1.29 is 18.1 Å². The third-order valence-corrected chi connectivity index (χ3v) is 7.20. The zero-order chi connectivity index (χ0) is 22.7. The average Bonchev–Trinajstić information content (AvgIpc) is 2.84. The highest BCUT2D eigenvalue weighted by atomic mass is 32.2. The molecule has 1 fully saturated rings. The van der Waals surface area contributed by atoms with E-state index in [1.165, 1.54) is 28.8 Å². The van der Waals surface area contributed by atoms with Crippen molar-refractivity contribution >= 4 is 27.2 Å². The average molecular weight is 452 g/mol. The van der Waals surface area contributed by atoms with Crippen molar-refractivity contribution in [2.45, 2.75) is 4.90 Å². The highest BCUT2D eigenvalue weighted by Gasteiger charge is 2.31. The Morgan fingerprint density at radius 2 is 1.66 bits per heavy atom. The van der Waals surface area contributed by atoms with Crippen molar-refractivity contribution in [3.63, 3.8) is 0 Å². The Morgan fingerprint density at radius 1 is 0.938 bits per heavy atom. The number of nitro groups is 1. The van der Waals surface area contributed by atoms with Gasteiger partial charge in [-0.25, -0.2) is 8.42 Å². The molecule has 2 heterocycles. The maximum Gasteiger partial charge on any atom is 0.293 e. The molecule has 1 saturated heterocycles. The van der Waals surface area contributed by atoms with E-state index in [9.17, 15) is 23.3 Å². The lowest BCUT2D eigenvalue weighted by Gasteiger charge is -2.35. The fourth-order valence-electron chi connectivity index (χ4n) is 3.65. The Bertz CT molecular complexity index is 1240. The number of carbonyl (C=O) groups is 1. The largest absolute Gasteiger partial charge is 0.363 e. The number of hydrogen-bond donors (Lipinski definition) is 0. The fourth-order valence-corrected chi connectivity index (χ4v) is 5.04. The van der Waals surface area contributed by atoms with E-state index in [1.807, 2.05) is 0 Å². The molecule has 0 atom stereocenters. The lowest BCUT2D eigenvalue weighted by atomic mass is 10.0. The van der Waals surface area contributed by atoms with Gasteiger partial charge in [-0.05, 0) is 24.3 Å². The number of benzene rings is 2. The van der Waals surface area contributed by atoms with E-state index in [0.717, 1.165) is 0 Å². The molecule has 10 heteroatoms. The Labute approximate surface area is 185 Å². The standard InChI is InChI=1S/C22H20N4O5S/c27-22(17-5-2-1-3-6-17)18-8-9-20(21(15-18)26(28)29)24-11-13-25(14-12-24)32(30,31)19-7-4-10-23-16-19/h1-10,15-16H,11-14H2. The van der Waals surface area contributed by atoms with Crippen LogP contribution in [0.1, 0.15) is 15.9 Å². The molecule has 2 aromatic carbocycles. The van der Waals surface area contributed by atoms with E-state index in [0.29, 0.717) is 11.3 Å². The predicted molar refractivity (Wildman–Crippen MR) is 118 cm³/mol. The van der Waals surface area contributed by atoms with Gasteiger partial charge in [-0.2, -0.15) is 4.31 Å². The van der Waals surface area contributed by atoms with Crippen LogP contribution in [-0.2, 0) is 10.0 Å². The summed E-state index contributed by atoms with van der Waals surface area (Å²) in [7, 11) is -3.68. The first-order valence-electron chi connectivity index (χ1n) is 9.91. The van der Waals surface area contributed by atoms with Crippen molar-refractivity contribution in [2.24, 2.45) is 0 Å². The molecule has 1 aliphatic rings. The molecule has 3 aromatic rings. The van der Waals surface area contributed by atoms with Crippen LogP contribution in [0.2, 0.25) is 0 Å². The molecule has 32 heavy (non-hydrogen) atoms. The second kappa shape index (κ2) is 8.85. The minimum Gasteiger partial charge on any atom is -0.363 e. The molecule has 0 bridgehead atoms. The minimum atomic E-state index is -3.68. The van der Waals surface area contributed by atoms with E-state index < -0.39 is 14.9 Å². The van der Waals surface area contributed by atoms with E-state index in [4.69, 9.17) is 0 Å². The van der Waals surface area contributed by atoms with Crippen LogP contribution in [0.5, 0.6) is 0 Å². The smallest absolute Gasteiger partial charge is 0.293 e. The van der Waals surface area contributed by atoms with Gasteiger partial charge in [-0.1, -0.05) is 30.3 Å². The van der Waals surface area contributed by atoms with Gasteiger partial charge in [0.25, 0.3) is 5.69 Å². The van der Waals surface area contributed by atoms with Crippen LogP contribution >= 0.6 is 0 Å². The Hall–Kier alpha value is -3.63. The lowest BCUT2D eigenvalue weighted by Crippen LogP contribution is -2.48. The van der Waals surface area contributed by atoms with Gasteiger partial charge < -0.3 is 4.90 Å². The molecule has 0 radical (unpaired) electrons. The summed E-state index contributed by atoms with van der Waals surface area (Å²) in [5, 5.41) is 11.7. The molecule has 0 amide bonds. The maximum atomic E-state index is 12.8. The summed E-state index contributed by atoms with van der Waals surface area (Å²) >= 11 is 0. The van der Waals surface area contributed by atoms with Crippen molar-refractivity contribution in [1.29, 1.82) is 0 Å². The summed E-state index contributed by atoms with van der Waals surface area (Å²) in [5.74, 6) is -0.298. The number of hydrogen-bond acceptors (Lipinski definition) is 7. The number of nitro benzene ring substituents is 1. The summed E-state index contributed by atoms with van der Waals surface area (Å²) in [4.78, 5) is 29.6. The third kappa shape index (κ3) is 4.23. The number of nitrogens with zero attached hydrogens (tertiary/aromatic N) is 4. The molecule has 0 unspecified atom stereocenters. The van der Waals surface area contributed by atoms with Crippen LogP contribution in [0, 0.1) is 10.1 Å². The Morgan fingerprint density at radius 3 is 2.28 bits per heavy atom. The van der Waals surface area contributed by atoms with Crippen molar-refractivity contribution in [3.05, 3.63) is 94.3 Å². The lowest BCUT2D eigenvalue weighted by molar-refractivity contribution is -0.384. The molecule has 164 valence electrons. The van der Waals surface area contributed by atoms with E-state index in [-0.39, 0.29) is 48.1 Å². The number of aromatic nitrogens is 1.